The first-order valence-corrected chi connectivity index (χ1v) is 11.5. The van der Waals surface area contributed by atoms with Gasteiger partial charge in [0.05, 0.1) is 31.5 Å². The monoisotopic (exact) mass is 442 g/mol. The Hall–Kier alpha value is -1.96. The smallest absolute Gasteiger partial charge is 0.197 e. The van der Waals surface area contributed by atoms with Crippen molar-refractivity contribution in [3.8, 4) is 5.75 Å². The second kappa shape index (κ2) is 10.3. The van der Waals surface area contributed by atoms with E-state index >= 15 is 0 Å². The molecule has 32 heavy (non-hydrogen) atoms. The molecule has 1 saturated carbocycles. The van der Waals surface area contributed by atoms with E-state index in [-0.39, 0.29) is 6.61 Å². The summed E-state index contributed by atoms with van der Waals surface area (Å²) in [6.07, 6.45) is 3.26. The van der Waals surface area contributed by atoms with Gasteiger partial charge in [0.15, 0.2) is 5.79 Å². The molecular formula is C26H34O6. The molecule has 3 atom stereocenters. The summed E-state index contributed by atoms with van der Waals surface area (Å²) in [4.78, 5) is 0. The van der Waals surface area contributed by atoms with E-state index < -0.39 is 18.0 Å². The summed E-state index contributed by atoms with van der Waals surface area (Å²) >= 11 is 0. The second-order valence-electron chi connectivity index (χ2n) is 8.85. The zero-order chi connectivity index (χ0) is 22.6. The number of rotatable bonds is 10. The van der Waals surface area contributed by atoms with E-state index in [0.717, 1.165) is 23.3 Å². The number of methoxy groups -OCH3 is 1. The van der Waals surface area contributed by atoms with E-state index in [9.17, 15) is 10.2 Å². The zero-order valence-electron chi connectivity index (χ0n) is 19.0. The van der Waals surface area contributed by atoms with Crippen molar-refractivity contribution >= 4 is 0 Å². The summed E-state index contributed by atoms with van der Waals surface area (Å²) in [5.74, 6) is -0.218. The normalized spacial score (nSPS) is 25.6. The highest BCUT2D eigenvalue weighted by Crippen LogP contribution is 2.39. The van der Waals surface area contributed by atoms with Crippen molar-refractivity contribution in [3.05, 3.63) is 64.7 Å². The lowest BCUT2D eigenvalue weighted by Gasteiger charge is -2.42. The van der Waals surface area contributed by atoms with Crippen molar-refractivity contribution in [3.63, 3.8) is 0 Å². The number of aliphatic hydroxyl groups is 2. The maximum atomic E-state index is 10.3. The number of hydrogen-bond donors (Lipinski definition) is 2. The summed E-state index contributed by atoms with van der Waals surface area (Å²) in [7, 11) is 1.58. The van der Waals surface area contributed by atoms with Crippen LogP contribution in [0.1, 0.15) is 47.9 Å². The molecule has 2 aromatic carbocycles. The molecule has 0 radical (unpaired) electrons. The minimum Gasteiger partial charge on any atom is -0.491 e. The van der Waals surface area contributed by atoms with Crippen LogP contribution in [0.2, 0.25) is 0 Å². The Morgan fingerprint density at radius 3 is 2.56 bits per heavy atom. The molecule has 0 amide bonds. The average molecular weight is 443 g/mol. The molecule has 174 valence electrons. The predicted molar refractivity (Wildman–Crippen MR) is 121 cm³/mol. The summed E-state index contributed by atoms with van der Waals surface area (Å²) in [5, 5.41) is 19.9. The molecule has 0 bridgehead atoms. The fourth-order valence-corrected chi connectivity index (χ4v) is 4.24. The topological polar surface area (TPSA) is 77.4 Å². The maximum Gasteiger partial charge on any atom is 0.197 e. The molecule has 2 aliphatic rings. The summed E-state index contributed by atoms with van der Waals surface area (Å²) in [6, 6.07) is 14.3. The Morgan fingerprint density at radius 2 is 1.88 bits per heavy atom. The third-order valence-corrected chi connectivity index (χ3v) is 6.27. The first-order chi connectivity index (χ1) is 15.5. The molecule has 6 heteroatoms. The predicted octanol–water partition coefficient (Wildman–Crippen LogP) is 3.48. The molecule has 2 N–H and O–H groups in total. The number of ether oxygens (including phenoxy) is 4. The van der Waals surface area contributed by atoms with Crippen molar-refractivity contribution in [2.75, 3.05) is 26.9 Å². The third-order valence-electron chi connectivity index (χ3n) is 6.27. The molecule has 6 nitrogen and oxygen atoms in total. The quantitative estimate of drug-likeness (QED) is 0.549. The van der Waals surface area contributed by atoms with E-state index in [4.69, 9.17) is 18.9 Å². The van der Waals surface area contributed by atoms with Crippen LogP contribution >= 0.6 is 0 Å². The van der Waals surface area contributed by atoms with Gasteiger partial charge in [-0.05, 0) is 61.1 Å². The van der Waals surface area contributed by atoms with Crippen molar-refractivity contribution in [1.82, 2.24) is 0 Å². The Balaban J connectivity index is 1.44. The van der Waals surface area contributed by atoms with Crippen LogP contribution in [0, 0.1) is 6.92 Å². The standard InChI is InChI=1S/C26H34O6/c1-18-3-6-21(26(29-2)16-22(28)15-25(17-27)32-26)14-20(18)13-19-4-7-23(8-5-19)30-11-12-31-24-9-10-24/h3-8,14,22,24-25,27-28H,9-13,15-17H2,1-2H3. The van der Waals surface area contributed by atoms with Crippen molar-refractivity contribution in [1.29, 1.82) is 0 Å². The second-order valence-corrected chi connectivity index (χ2v) is 8.85. The Labute approximate surface area is 190 Å². The van der Waals surface area contributed by atoms with E-state index in [1.165, 1.54) is 24.0 Å². The van der Waals surface area contributed by atoms with Gasteiger partial charge in [0.25, 0.3) is 0 Å². The highest BCUT2D eigenvalue weighted by atomic mass is 16.7. The van der Waals surface area contributed by atoms with Crippen molar-refractivity contribution < 1.29 is 29.2 Å². The lowest BCUT2D eigenvalue weighted by atomic mass is 9.89. The SMILES string of the molecule is COC1(c2ccc(C)c(Cc3ccc(OCCOC4CC4)cc3)c2)CC(O)CC(CO)O1. The largest absolute Gasteiger partial charge is 0.491 e. The molecule has 1 heterocycles. The molecule has 0 spiro atoms. The van der Waals surface area contributed by atoms with Gasteiger partial charge in [0.2, 0.25) is 0 Å². The minimum absolute atomic E-state index is 0.151. The first kappa shape index (κ1) is 23.2. The summed E-state index contributed by atoms with van der Waals surface area (Å²) in [5.41, 5.74) is 4.37. The number of aryl methyl sites for hydroxylation is 1. The van der Waals surface area contributed by atoms with Crippen LogP contribution in [0.15, 0.2) is 42.5 Å². The van der Waals surface area contributed by atoms with Gasteiger partial charge < -0.3 is 29.2 Å². The molecule has 0 aromatic heterocycles. The van der Waals surface area contributed by atoms with Crippen LogP contribution in [-0.4, -0.2) is 55.5 Å². The number of aliphatic hydroxyl groups excluding tert-OH is 2. The highest BCUT2D eigenvalue weighted by molar-refractivity contribution is 5.38. The van der Waals surface area contributed by atoms with Crippen LogP contribution in [0.5, 0.6) is 5.75 Å². The molecule has 1 saturated heterocycles. The fourth-order valence-electron chi connectivity index (χ4n) is 4.24. The van der Waals surface area contributed by atoms with E-state index in [0.29, 0.717) is 32.2 Å². The van der Waals surface area contributed by atoms with Crippen molar-refractivity contribution in [2.24, 2.45) is 0 Å². The van der Waals surface area contributed by atoms with Crippen LogP contribution < -0.4 is 4.74 Å². The van der Waals surface area contributed by atoms with Crippen molar-refractivity contribution in [2.45, 2.75) is 63.1 Å². The first-order valence-electron chi connectivity index (χ1n) is 11.5. The van der Waals surface area contributed by atoms with E-state index in [1.54, 1.807) is 7.11 Å². The molecule has 1 aliphatic carbocycles. The van der Waals surface area contributed by atoms with Gasteiger partial charge >= 0.3 is 0 Å². The molecule has 2 fully saturated rings. The lowest BCUT2D eigenvalue weighted by molar-refractivity contribution is -0.298. The molecular weight excluding hydrogens is 408 g/mol. The Morgan fingerprint density at radius 1 is 1.09 bits per heavy atom. The Kier molecular flexibility index (Phi) is 7.48. The van der Waals surface area contributed by atoms with Gasteiger partial charge in [-0.2, -0.15) is 0 Å². The van der Waals surface area contributed by atoms with Gasteiger partial charge in [-0.25, -0.2) is 0 Å². The van der Waals surface area contributed by atoms with Gasteiger partial charge in [-0.1, -0.05) is 24.3 Å². The lowest BCUT2D eigenvalue weighted by Crippen LogP contribution is -2.46. The minimum atomic E-state index is -1.06. The zero-order valence-corrected chi connectivity index (χ0v) is 19.0. The van der Waals surface area contributed by atoms with Crippen LogP contribution in [0.3, 0.4) is 0 Å². The van der Waals surface area contributed by atoms with Crippen LogP contribution in [0.25, 0.3) is 0 Å². The molecule has 1 aliphatic heterocycles. The average Bonchev–Trinajstić information content (AvgIpc) is 3.63. The molecule has 3 unspecified atom stereocenters. The number of benzene rings is 2. The van der Waals surface area contributed by atoms with E-state index in [2.05, 4.69) is 31.2 Å². The Bertz CT molecular complexity index is 878. The highest BCUT2D eigenvalue weighted by Gasteiger charge is 2.43. The van der Waals surface area contributed by atoms with Gasteiger partial charge in [-0.15, -0.1) is 0 Å². The number of hydrogen-bond acceptors (Lipinski definition) is 6. The molecule has 2 aromatic rings. The van der Waals surface area contributed by atoms with Gasteiger partial charge in [0, 0.05) is 25.5 Å². The van der Waals surface area contributed by atoms with Crippen LogP contribution in [0.4, 0.5) is 0 Å². The summed E-state index contributed by atoms with van der Waals surface area (Å²) in [6.45, 7) is 3.13. The van der Waals surface area contributed by atoms with Crippen LogP contribution in [-0.2, 0) is 26.4 Å². The fraction of sp³-hybridized carbons (Fsp3) is 0.538. The third kappa shape index (κ3) is 5.69. The van der Waals surface area contributed by atoms with Gasteiger partial charge in [0.1, 0.15) is 12.4 Å². The van der Waals surface area contributed by atoms with Gasteiger partial charge in [-0.3, -0.25) is 0 Å². The summed E-state index contributed by atoms with van der Waals surface area (Å²) < 4.78 is 23.3. The molecule has 4 rings (SSSR count). The van der Waals surface area contributed by atoms with E-state index in [1.807, 2.05) is 18.2 Å². The maximum absolute atomic E-state index is 10.3.